The monoisotopic (exact) mass is 245 g/mol. The minimum Gasteiger partial charge on any atom is -0.386 e. The van der Waals surface area contributed by atoms with Crippen LogP contribution in [0.1, 0.15) is 52.9 Å². The summed E-state index contributed by atoms with van der Waals surface area (Å²) in [6, 6.07) is 0.583. The van der Waals surface area contributed by atoms with E-state index in [4.69, 9.17) is 8.85 Å². The zero-order valence-electron chi connectivity index (χ0n) is 11.4. The Bertz CT molecular complexity index is 206. The number of nitrogens with one attached hydrogen (secondary N) is 1. The van der Waals surface area contributed by atoms with Crippen molar-refractivity contribution in [1.82, 2.24) is 4.98 Å². The second kappa shape index (κ2) is 5.62. The second-order valence-corrected chi connectivity index (χ2v) is 9.59. The molecule has 96 valence electrons. The molecule has 0 atom stereocenters. The van der Waals surface area contributed by atoms with E-state index < -0.39 is 8.72 Å². The van der Waals surface area contributed by atoms with Crippen LogP contribution in [0.5, 0.6) is 0 Å². The highest BCUT2D eigenvalue weighted by Gasteiger charge is 2.50. The minimum atomic E-state index is -2.28. The molecule has 0 bridgehead atoms. The van der Waals surface area contributed by atoms with E-state index in [9.17, 15) is 0 Å². The first-order valence-electron chi connectivity index (χ1n) is 6.33. The van der Waals surface area contributed by atoms with E-state index in [-0.39, 0.29) is 5.04 Å². The fourth-order valence-corrected chi connectivity index (χ4v) is 5.43. The van der Waals surface area contributed by atoms with Gasteiger partial charge in [-0.3, -0.25) is 4.98 Å². The molecule has 1 N–H and O–H groups in total. The molecular weight excluding hydrogens is 218 g/mol. The summed E-state index contributed by atoms with van der Waals surface area (Å²) in [6.07, 6.45) is 6.57. The van der Waals surface area contributed by atoms with E-state index in [1.54, 1.807) is 14.2 Å². The highest BCUT2D eigenvalue weighted by atomic mass is 28.4. The quantitative estimate of drug-likeness (QED) is 0.773. The molecule has 0 aromatic heterocycles. The van der Waals surface area contributed by atoms with Crippen molar-refractivity contribution < 1.29 is 8.85 Å². The molecule has 0 aliphatic heterocycles. The lowest BCUT2D eigenvalue weighted by Gasteiger charge is -2.41. The Labute approximate surface area is 101 Å². The summed E-state index contributed by atoms with van der Waals surface area (Å²) in [5.41, 5.74) is 0. The predicted molar refractivity (Wildman–Crippen MR) is 69.5 cm³/mol. The Morgan fingerprint density at radius 1 is 1.00 bits per heavy atom. The Balaban J connectivity index is 2.69. The lowest BCUT2D eigenvalue weighted by atomic mass is 9.96. The highest BCUT2D eigenvalue weighted by Crippen LogP contribution is 2.36. The van der Waals surface area contributed by atoms with Crippen molar-refractivity contribution in [2.45, 2.75) is 64.0 Å². The van der Waals surface area contributed by atoms with Gasteiger partial charge >= 0.3 is 8.72 Å². The first kappa shape index (κ1) is 14.2. The molecule has 1 fully saturated rings. The summed E-state index contributed by atoms with van der Waals surface area (Å²) in [7, 11) is 1.27. The third kappa shape index (κ3) is 3.06. The first-order valence-corrected chi connectivity index (χ1v) is 8.15. The van der Waals surface area contributed by atoms with Crippen molar-refractivity contribution >= 4 is 8.72 Å². The number of hydrogen-bond acceptors (Lipinski definition) is 3. The van der Waals surface area contributed by atoms with Gasteiger partial charge in [0.1, 0.15) is 0 Å². The Hall–Kier alpha value is 0.0969. The maximum Gasteiger partial charge on any atom is 0.430 e. The Morgan fingerprint density at radius 2 is 1.50 bits per heavy atom. The molecule has 0 heterocycles. The van der Waals surface area contributed by atoms with Crippen LogP contribution in [0, 0.1) is 0 Å². The molecule has 0 aromatic rings. The SMILES string of the molecule is CO[Si](NC1CCCCC1)(OC)C(C)(C)C. The van der Waals surface area contributed by atoms with E-state index >= 15 is 0 Å². The lowest BCUT2D eigenvalue weighted by molar-refractivity contribution is 0.187. The molecule has 4 heteroatoms. The van der Waals surface area contributed by atoms with Gasteiger partial charge in [-0.25, -0.2) is 0 Å². The van der Waals surface area contributed by atoms with Crippen molar-refractivity contribution in [3.63, 3.8) is 0 Å². The molecular formula is C12H27NO2Si. The molecule has 0 radical (unpaired) electrons. The van der Waals surface area contributed by atoms with Crippen LogP contribution in [-0.2, 0) is 8.85 Å². The van der Waals surface area contributed by atoms with Crippen molar-refractivity contribution in [2.75, 3.05) is 14.2 Å². The smallest absolute Gasteiger partial charge is 0.386 e. The van der Waals surface area contributed by atoms with Gasteiger partial charge in [0.15, 0.2) is 0 Å². The van der Waals surface area contributed by atoms with E-state index in [0.29, 0.717) is 6.04 Å². The molecule has 0 amide bonds. The first-order chi connectivity index (χ1) is 7.45. The van der Waals surface area contributed by atoms with Crippen molar-refractivity contribution in [3.05, 3.63) is 0 Å². The average molecular weight is 245 g/mol. The third-order valence-corrected chi connectivity index (χ3v) is 7.47. The second-order valence-electron chi connectivity index (χ2n) is 5.75. The van der Waals surface area contributed by atoms with Crippen LogP contribution in [0.15, 0.2) is 0 Å². The highest BCUT2D eigenvalue weighted by molar-refractivity contribution is 6.68. The summed E-state index contributed by atoms with van der Waals surface area (Å²) in [5.74, 6) is 0. The zero-order chi connectivity index (χ0) is 12.2. The van der Waals surface area contributed by atoms with Gasteiger partial charge in [-0.2, -0.15) is 0 Å². The maximum atomic E-state index is 5.76. The van der Waals surface area contributed by atoms with Gasteiger partial charge in [0.05, 0.1) is 0 Å². The van der Waals surface area contributed by atoms with Gasteiger partial charge < -0.3 is 8.85 Å². The summed E-state index contributed by atoms with van der Waals surface area (Å²) in [5, 5.41) is 0.0496. The Morgan fingerprint density at radius 3 is 1.88 bits per heavy atom. The lowest BCUT2D eigenvalue weighted by Crippen LogP contribution is -2.64. The van der Waals surface area contributed by atoms with Crippen molar-refractivity contribution in [1.29, 1.82) is 0 Å². The number of hydrogen-bond donors (Lipinski definition) is 1. The molecule has 1 aliphatic carbocycles. The summed E-state index contributed by atoms with van der Waals surface area (Å²) in [4.78, 5) is 3.70. The fourth-order valence-electron chi connectivity index (χ4n) is 2.55. The van der Waals surface area contributed by atoms with Gasteiger partial charge in [0.2, 0.25) is 0 Å². The van der Waals surface area contributed by atoms with E-state index in [2.05, 4.69) is 25.8 Å². The summed E-state index contributed by atoms with van der Waals surface area (Å²) >= 11 is 0. The number of rotatable bonds is 4. The van der Waals surface area contributed by atoms with Crippen LogP contribution in [-0.4, -0.2) is 29.0 Å². The largest absolute Gasteiger partial charge is 0.430 e. The normalized spacial score (nSPS) is 20.1. The molecule has 1 saturated carbocycles. The molecule has 0 unspecified atom stereocenters. The fraction of sp³-hybridized carbons (Fsp3) is 1.00. The predicted octanol–water partition coefficient (Wildman–Crippen LogP) is 2.94. The summed E-state index contributed by atoms with van der Waals surface area (Å²) in [6.45, 7) is 6.59. The standard InChI is InChI=1S/C12H27NO2Si/c1-12(2,3)16(14-4,15-5)13-11-9-7-6-8-10-11/h11,13H,6-10H2,1-5H3. The van der Waals surface area contributed by atoms with Crippen LogP contribution in [0.3, 0.4) is 0 Å². The topological polar surface area (TPSA) is 30.5 Å². The van der Waals surface area contributed by atoms with Gasteiger partial charge in [-0.05, 0) is 12.8 Å². The van der Waals surface area contributed by atoms with E-state index in [1.807, 2.05) is 0 Å². The van der Waals surface area contributed by atoms with Crippen molar-refractivity contribution in [3.8, 4) is 0 Å². The third-order valence-electron chi connectivity index (χ3n) is 3.56. The van der Waals surface area contributed by atoms with E-state index in [1.165, 1.54) is 32.1 Å². The summed E-state index contributed by atoms with van der Waals surface area (Å²) < 4.78 is 11.5. The van der Waals surface area contributed by atoms with Gasteiger partial charge in [-0.1, -0.05) is 40.0 Å². The minimum absolute atomic E-state index is 0.0496. The van der Waals surface area contributed by atoms with Crippen molar-refractivity contribution in [2.24, 2.45) is 0 Å². The maximum absolute atomic E-state index is 5.76. The van der Waals surface area contributed by atoms with Crippen LogP contribution in [0.2, 0.25) is 5.04 Å². The molecule has 1 rings (SSSR count). The molecule has 0 spiro atoms. The molecule has 1 aliphatic rings. The van der Waals surface area contributed by atoms with Crippen LogP contribution in [0.25, 0.3) is 0 Å². The average Bonchev–Trinajstić information content (AvgIpc) is 2.25. The molecule has 16 heavy (non-hydrogen) atoms. The van der Waals surface area contributed by atoms with E-state index in [0.717, 1.165) is 0 Å². The van der Waals surface area contributed by atoms with Crippen LogP contribution in [0.4, 0.5) is 0 Å². The van der Waals surface area contributed by atoms with Gasteiger partial charge in [0, 0.05) is 25.3 Å². The van der Waals surface area contributed by atoms with Crippen LogP contribution >= 0.6 is 0 Å². The molecule has 0 saturated heterocycles. The zero-order valence-corrected chi connectivity index (χ0v) is 12.4. The van der Waals surface area contributed by atoms with Gasteiger partial charge in [0.25, 0.3) is 0 Å². The molecule has 0 aromatic carbocycles. The Kier molecular flexibility index (Phi) is 4.98. The van der Waals surface area contributed by atoms with Crippen LogP contribution < -0.4 is 4.98 Å². The molecule has 3 nitrogen and oxygen atoms in total. The van der Waals surface area contributed by atoms with Gasteiger partial charge in [-0.15, -0.1) is 0 Å².